The van der Waals surface area contributed by atoms with Gasteiger partial charge in [-0.25, -0.2) is 0 Å². The predicted molar refractivity (Wildman–Crippen MR) is 103 cm³/mol. The van der Waals surface area contributed by atoms with Crippen LogP contribution in [0.4, 0.5) is 0 Å². The zero-order valence-corrected chi connectivity index (χ0v) is 15.7. The molecule has 2 aromatic carbocycles. The van der Waals surface area contributed by atoms with Gasteiger partial charge in [-0.3, -0.25) is 0 Å². The number of hydrogen-bond donors (Lipinski definition) is 1. The Kier molecular flexibility index (Phi) is 5.58. The van der Waals surface area contributed by atoms with E-state index >= 15 is 0 Å². The lowest BCUT2D eigenvalue weighted by molar-refractivity contribution is 0.470. The Morgan fingerprint density at radius 3 is 2.57 bits per heavy atom. The van der Waals surface area contributed by atoms with Crippen molar-refractivity contribution in [2.24, 2.45) is 0 Å². The molecule has 0 unspecified atom stereocenters. The molecular formula is C19H21Cl2NS. The molecule has 0 spiro atoms. The maximum Gasteiger partial charge on any atom is 0.0595 e. The van der Waals surface area contributed by atoms with Crippen molar-refractivity contribution in [2.75, 3.05) is 13.3 Å². The Morgan fingerprint density at radius 1 is 1.04 bits per heavy atom. The maximum atomic E-state index is 6.24. The van der Waals surface area contributed by atoms with Gasteiger partial charge in [0.15, 0.2) is 0 Å². The lowest BCUT2D eigenvalue weighted by Gasteiger charge is -2.32. The second-order valence-corrected chi connectivity index (χ2v) is 7.72. The zero-order chi connectivity index (χ0) is 16.4. The first-order chi connectivity index (χ1) is 11.1. The minimum Gasteiger partial charge on any atom is -0.313 e. The molecule has 2 atom stereocenters. The van der Waals surface area contributed by atoms with E-state index in [0.29, 0.717) is 22.0 Å². The van der Waals surface area contributed by atoms with Gasteiger partial charge in [0.1, 0.15) is 0 Å². The summed E-state index contributed by atoms with van der Waals surface area (Å²) in [6, 6.07) is 13.4. The quantitative estimate of drug-likeness (QED) is 0.708. The summed E-state index contributed by atoms with van der Waals surface area (Å²) in [5, 5.41) is 4.73. The summed E-state index contributed by atoms with van der Waals surface area (Å²) in [6.45, 7) is 0. The van der Waals surface area contributed by atoms with E-state index in [2.05, 4.69) is 42.9 Å². The van der Waals surface area contributed by atoms with Crippen LogP contribution in [-0.4, -0.2) is 13.3 Å². The molecule has 0 saturated heterocycles. The van der Waals surface area contributed by atoms with Gasteiger partial charge in [-0.2, -0.15) is 11.8 Å². The van der Waals surface area contributed by atoms with E-state index in [0.717, 1.165) is 18.6 Å². The smallest absolute Gasteiger partial charge is 0.0595 e. The van der Waals surface area contributed by atoms with Crippen molar-refractivity contribution < 1.29 is 0 Å². The first-order valence-corrected chi connectivity index (χ1v) is 10.0. The van der Waals surface area contributed by atoms with Crippen LogP contribution in [0.15, 0.2) is 36.4 Å². The van der Waals surface area contributed by atoms with Crippen molar-refractivity contribution in [3.8, 4) is 0 Å². The minimum absolute atomic E-state index is 0.396. The van der Waals surface area contributed by atoms with Gasteiger partial charge in [-0.1, -0.05) is 47.5 Å². The van der Waals surface area contributed by atoms with Crippen molar-refractivity contribution in [2.45, 2.75) is 30.6 Å². The fourth-order valence-electron chi connectivity index (χ4n) is 3.52. The number of fused-ring (bicyclic) bond motifs is 1. The van der Waals surface area contributed by atoms with Gasteiger partial charge in [-0.05, 0) is 60.5 Å². The molecular weight excluding hydrogens is 345 g/mol. The fourth-order valence-corrected chi connectivity index (χ4v) is 4.34. The Morgan fingerprint density at radius 2 is 1.87 bits per heavy atom. The molecule has 0 aromatic heterocycles. The number of benzene rings is 2. The van der Waals surface area contributed by atoms with Gasteiger partial charge in [0.2, 0.25) is 0 Å². The van der Waals surface area contributed by atoms with Gasteiger partial charge >= 0.3 is 0 Å². The van der Waals surface area contributed by atoms with Gasteiger partial charge in [0.05, 0.1) is 10.0 Å². The summed E-state index contributed by atoms with van der Waals surface area (Å²) >= 11 is 14.2. The van der Waals surface area contributed by atoms with Crippen molar-refractivity contribution >= 4 is 35.0 Å². The van der Waals surface area contributed by atoms with Gasteiger partial charge in [-0.15, -0.1) is 0 Å². The highest BCUT2D eigenvalue weighted by atomic mass is 35.5. The van der Waals surface area contributed by atoms with Gasteiger partial charge in [0, 0.05) is 17.7 Å². The van der Waals surface area contributed by atoms with E-state index in [1.807, 2.05) is 23.9 Å². The predicted octanol–water partition coefficient (Wildman–Crippen LogP) is 6.04. The molecule has 0 amide bonds. The molecule has 23 heavy (non-hydrogen) atoms. The third-order valence-electron chi connectivity index (χ3n) is 4.65. The van der Waals surface area contributed by atoms with Crippen molar-refractivity contribution in [3.05, 3.63) is 68.7 Å². The van der Waals surface area contributed by atoms with Crippen molar-refractivity contribution in [3.63, 3.8) is 0 Å². The first kappa shape index (κ1) is 17.2. The molecule has 1 nitrogen and oxygen atoms in total. The molecule has 2 aromatic rings. The average Bonchev–Trinajstić information content (AvgIpc) is 2.56. The molecule has 1 aliphatic carbocycles. The van der Waals surface area contributed by atoms with Crippen LogP contribution < -0.4 is 5.32 Å². The van der Waals surface area contributed by atoms with Crippen molar-refractivity contribution in [1.82, 2.24) is 5.32 Å². The maximum absolute atomic E-state index is 6.24. The zero-order valence-electron chi connectivity index (χ0n) is 13.4. The first-order valence-electron chi connectivity index (χ1n) is 7.88. The Balaban J connectivity index is 2.03. The van der Waals surface area contributed by atoms with Gasteiger partial charge in [0.25, 0.3) is 0 Å². The summed E-state index contributed by atoms with van der Waals surface area (Å²) < 4.78 is 0. The molecule has 0 radical (unpaired) electrons. The van der Waals surface area contributed by atoms with Crippen LogP contribution in [0.25, 0.3) is 0 Å². The number of rotatable bonds is 4. The summed E-state index contributed by atoms with van der Waals surface area (Å²) in [5.41, 5.74) is 5.50. The number of thioether (sulfide) groups is 1. The standard InChI is InChI=1S/C19H21Cl2NS/c1-22-19-8-6-14(13-4-7-17(20)18(21)10-13)15-5-3-12(11-23-2)9-16(15)19/h3-5,7,9-10,14,19,22H,6,8,11H2,1-2H3/t14-,19-/m0/s1. The second-order valence-electron chi connectivity index (χ2n) is 6.04. The number of halogens is 2. The summed E-state index contributed by atoms with van der Waals surface area (Å²) in [7, 11) is 2.05. The number of nitrogens with one attached hydrogen (secondary N) is 1. The Bertz CT molecular complexity index is 702. The van der Waals surface area contributed by atoms with E-state index in [-0.39, 0.29) is 0 Å². The monoisotopic (exact) mass is 365 g/mol. The molecule has 0 heterocycles. The van der Waals surface area contributed by atoms with E-state index in [4.69, 9.17) is 23.2 Å². The summed E-state index contributed by atoms with van der Waals surface area (Å²) in [6.07, 6.45) is 4.41. The fraction of sp³-hybridized carbons (Fsp3) is 0.368. The van der Waals surface area contributed by atoms with Gasteiger partial charge < -0.3 is 5.32 Å². The average molecular weight is 366 g/mol. The minimum atomic E-state index is 0.396. The largest absolute Gasteiger partial charge is 0.313 e. The molecule has 1 N–H and O–H groups in total. The van der Waals surface area contributed by atoms with Crippen LogP contribution >= 0.6 is 35.0 Å². The van der Waals surface area contributed by atoms with Crippen LogP contribution in [0.5, 0.6) is 0 Å². The Labute approximate surface area is 152 Å². The summed E-state index contributed by atoms with van der Waals surface area (Å²) in [5.74, 6) is 1.45. The molecule has 1 aliphatic rings. The molecule has 122 valence electrons. The van der Waals surface area contributed by atoms with E-state index in [9.17, 15) is 0 Å². The highest BCUT2D eigenvalue weighted by Gasteiger charge is 2.27. The van der Waals surface area contributed by atoms with Crippen LogP contribution in [0.1, 0.15) is 47.1 Å². The number of hydrogen-bond acceptors (Lipinski definition) is 2. The van der Waals surface area contributed by atoms with Crippen LogP contribution in [0.2, 0.25) is 10.0 Å². The molecule has 0 aliphatic heterocycles. The van der Waals surface area contributed by atoms with E-state index < -0.39 is 0 Å². The summed E-state index contributed by atoms with van der Waals surface area (Å²) in [4.78, 5) is 0. The molecule has 0 fully saturated rings. The topological polar surface area (TPSA) is 12.0 Å². The van der Waals surface area contributed by atoms with Crippen LogP contribution in [0, 0.1) is 0 Å². The molecule has 0 saturated carbocycles. The highest BCUT2D eigenvalue weighted by Crippen LogP contribution is 2.42. The third-order valence-corrected chi connectivity index (χ3v) is 6.01. The SMILES string of the molecule is CN[C@H]1CC[C@@H](c2ccc(Cl)c(Cl)c2)c2ccc(CSC)cc21. The van der Waals surface area contributed by atoms with Crippen LogP contribution in [0.3, 0.4) is 0 Å². The van der Waals surface area contributed by atoms with E-state index in [1.54, 1.807) is 0 Å². The molecule has 3 rings (SSSR count). The molecule has 4 heteroatoms. The highest BCUT2D eigenvalue weighted by molar-refractivity contribution is 7.97. The third kappa shape index (κ3) is 3.56. The lowest BCUT2D eigenvalue weighted by Crippen LogP contribution is -2.24. The van der Waals surface area contributed by atoms with E-state index in [1.165, 1.54) is 22.3 Å². The molecule has 0 bridgehead atoms. The Hall–Kier alpha value is -0.670. The normalized spacial score (nSPS) is 20.3. The van der Waals surface area contributed by atoms with Crippen LogP contribution in [-0.2, 0) is 5.75 Å². The second kappa shape index (κ2) is 7.48. The van der Waals surface area contributed by atoms with Crippen molar-refractivity contribution in [1.29, 1.82) is 0 Å². The lowest BCUT2D eigenvalue weighted by atomic mass is 9.76.